The lowest BCUT2D eigenvalue weighted by molar-refractivity contribution is -0.131. The van der Waals surface area contributed by atoms with Gasteiger partial charge in [-0.15, -0.1) is 0 Å². The zero-order valence-corrected chi connectivity index (χ0v) is 13.8. The molecule has 0 aromatic heterocycles. The van der Waals surface area contributed by atoms with Gasteiger partial charge in [-0.05, 0) is 12.5 Å². The van der Waals surface area contributed by atoms with E-state index in [0.717, 1.165) is 32.8 Å². The van der Waals surface area contributed by atoms with Gasteiger partial charge in [0.1, 0.15) is 0 Å². The Morgan fingerprint density at radius 3 is 3.00 bits per heavy atom. The van der Waals surface area contributed by atoms with Crippen LogP contribution in [0.5, 0.6) is 0 Å². The van der Waals surface area contributed by atoms with E-state index >= 15 is 0 Å². The third-order valence-corrected chi connectivity index (χ3v) is 5.08. The molecule has 2 fully saturated rings. The molecule has 4 heteroatoms. The van der Waals surface area contributed by atoms with Crippen molar-refractivity contribution in [3.8, 4) is 0 Å². The van der Waals surface area contributed by atoms with Crippen molar-refractivity contribution in [3.63, 3.8) is 0 Å². The summed E-state index contributed by atoms with van der Waals surface area (Å²) in [6, 6.07) is 8.70. The second-order valence-electron chi connectivity index (χ2n) is 7.20. The number of likely N-dealkylation sites (tertiary alicyclic amines) is 1. The van der Waals surface area contributed by atoms with Gasteiger partial charge in [0, 0.05) is 51.5 Å². The average Bonchev–Trinajstić information content (AvgIpc) is 2.94. The van der Waals surface area contributed by atoms with E-state index < -0.39 is 0 Å². The highest BCUT2D eigenvalue weighted by atomic mass is 16.5. The molecule has 2 saturated heterocycles. The predicted octanol–water partition coefficient (Wildman–Crippen LogP) is 1.92. The van der Waals surface area contributed by atoms with Crippen LogP contribution < -0.4 is 0 Å². The molecule has 2 aliphatic rings. The molecule has 1 amide bonds. The molecule has 0 saturated carbocycles. The van der Waals surface area contributed by atoms with Crippen LogP contribution >= 0.6 is 0 Å². The molecule has 22 heavy (non-hydrogen) atoms. The second-order valence-corrected chi connectivity index (χ2v) is 7.20. The summed E-state index contributed by atoms with van der Waals surface area (Å²) in [5, 5.41) is 0. The van der Waals surface area contributed by atoms with Gasteiger partial charge in [-0.25, -0.2) is 0 Å². The van der Waals surface area contributed by atoms with Gasteiger partial charge in [0.15, 0.2) is 0 Å². The highest BCUT2D eigenvalue weighted by molar-refractivity contribution is 5.76. The number of benzene rings is 1. The van der Waals surface area contributed by atoms with Crippen LogP contribution in [0.3, 0.4) is 0 Å². The number of carbonyl (C=O) groups is 1. The Kier molecular flexibility index (Phi) is 4.24. The molecule has 2 aliphatic heterocycles. The quantitative estimate of drug-likeness (QED) is 0.852. The minimum atomic E-state index is 0.0190. The van der Waals surface area contributed by atoms with Gasteiger partial charge in [0.05, 0.1) is 13.2 Å². The van der Waals surface area contributed by atoms with Crippen molar-refractivity contribution in [1.82, 2.24) is 9.80 Å². The van der Waals surface area contributed by atoms with Crippen molar-refractivity contribution in [2.24, 2.45) is 11.3 Å². The van der Waals surface area contributed by atoms with Crippen LogP contribution in [0.4, 0.5) is 0 Å². The van der Waals surface area contributed by atoms with E-state index in [0.29, 0.717) is 12.3 Å². The van der Waals surface area contributed by atoms with Crippen LogP contribution in [0.2, 0.25) is 0 Å². The van der Waals surface area contributed by atoms with Gasteiger partial charge in [0.2, 0.25) is 5.91 Å². The SMILES string of the molecule is Cc1cccc(CN2C[C@@H]3COC[C@]3(CC(=O)N(C)C)C2)c1. The summed E-state index contributed by atoms with van der Waals surface area (Å²) >= 11 is 0. The Hall–Kier alpha value is -1.39. The van der Waals surface area contributed by atoms with Gasteiger partial charge in [-0.3, -0.25) is 9.69 Å². The third-order valence-electron chi connectivity index (χ3n) is 5.08. The minimum Gasteiger partial charge on any atom is -0.380 e. The first kappa shape index (κ1) is 15.5. The Labute approximate surface area is 133 Å². The third kappa shape index (κ3) is 3.03. The van der Waals surface area contributed by atoms with E-state index in [1.807, 2.05) is 14.1 Å². The normalized spacial score (nSPS) is 27.9. The number of nitrogens with zero attached hydrogens (tertiary/aromatic N) is 2. The largest absolute Gasteiger partial charge is 0.380 e. The molecular formula is C18H26N2O2. The van der Waals surface area contributed by atoms with Crippen LogP contribution in [0.1, 0.15) is 17.5 Å². The summed E-state index contributed by atoms with van der Waals surface area (Å²) in [6.07, 6.45) is 0.606. The molecule has 2 heterocycles. The summed E-state index contributed by atoms with van der Waals surface area (Å²) in [5.74, 6) is 0.703. The maximum atomic E-state index is 12.2. The fraction of sp³-hybridized carbons (Fsp3) is 0.611. The molecule has 0 bridgehead atoms. The standard InChI is InChI=1S/C18H26N2O2/c1-14-5-4-6-15(7-14)9-20-10-16-11-22-13-18(16,12-20)8-17(21)19(2)3/h4-7,16H,8-13H2,1-3H3/t16-,18+/m1/s1. The molecule has 1 aromatic carbocycles. The lowest BCUT2D eigenvalue weighted by Gasteiger charge is -2.28. The van der Waals surface area contributed by atoms with Crippen molar-refractivity contribution in [2.45, 2.75) is 19.9 Å². The molecule has 0 unspecified atom stereocenters. The lowest BCUT2D eigenvalue weighted by atomic mass is 9.78. The summed E-state index contributed by atoms with van der Waals surface area (Å²) in [4.78, 5) is 16.4. The Morgan fingerprint density at radius 1 is 1.45 bits per heavy atom. The molecule has 0 aliphatic carbocycles. The fourth-order valence-electron chi connectivity index (χ4n) is 3.84. The predicted molar refractivity (Wildman–Crippen MR) is 86.5 cm³/mol. The van der Waals surface area contributed by atoms with Crippen molar-refractivity contribution >= 4 is 5.91 Å². The Morgan fingerprint density at radius 2 is 2.27 bits per heavy atom. The Bertz CT molecular complexity index is 558. The highest BCUT2D eigenvalue weighted by Gasteiger charge is 2.51. The smallest absolute Gasteiger partial charge is 0.222 e. The monoisotopic (exact) mass is 302 g/mol. The number of ether oxygens (including phenoxy) is 1. The number of carbonyl (C=O) groups excluding carboxylic acids is 1. The summed E-state index contributed by atoms with van der Waals surface area (Å²) < 4.78 is 5.72. The highest BCUT2D eigenvalue weighted by Crippen LogP contribution is 2.44. The molecule has 120 valence electrons. The first-order chi connectivity index (χ1) is 10.5. The van der Waals surface area contributed by atoms with Crippen LogP contribution in [-0.4, -0.2) is 56.1 Å². The average molecular weight is 302 g/mol. The van der Waals surface area contributed by atoms with Crippen LogP contribution in [0.25, 0.3) is 0 Å². The van der Waals surface area contributed by atoms with E-state index in [2.05, 4.69) is 36.1 Å². The number of fused-ring (bicyclic) bond motifs is 1. The van der Waals surface area contributed by atoms with Crippen LogP contribution in [0, 0.1) is 18.3 Å². The number of hydrogen-bond donors (Lipinski definition) is 0. The van der Waals surface area contributed by atoms with E-state index in [1.165, 1.54) is 11.1 Å². The first-order valence-corrected chi connectivity index (χ1v) is 8.04. The molecule has 4 nitrogen and oxygen atoms in total. The number of rotatable bonds is 4. The van der Waals surface area contributed by atoms with Gasteiger partial charge in [-0.1, -0.05) is 29.8 Å². The number of amides is 1. The van der Waals surface area contributed by atoms with Crippen molar-refractivity contribution < 1.29 is 9.53 Å². The molecule has 1 aromatic rings. The van der Waals surface area contributed by atoms with E-state index in [9.17, 15) is 4.79 Å². The first-order valence-electron chi connectivity index (χ1n) is 8.04. The molecule has 0 radical (unpaired) electrons. The second kappa shape index (κ2) is 6.01. The maximum absolute atomic E-state index is 12.2. The van der Waals surface area contributed by atoms with Gasteiger partial charge in [0.25, 0.3) is 0 Å². The van der Waals surface area contributed by atoms with E-state index in [-0.39, 0.29) is 11.3 Å². The van der Waals surface area contributed by atoms with Gasteiger partial charge < -0.3 is 9.64 Å². The molecule has 2 atom stereocenters. The summed E-state index contributed by atoms with van der Waals surface area (Å²) in [6.45, 7) is 6.62. The Balaban J connectivity index is 1.69. The zero-order chi connectivity index (χ0) is 15.7. The summed E-state index contributed by atoms with van der Waals surface area (Å²) in [5.41, 5.74) is 2.68. The van der Waals surface area contributed by atoms with E-state index in [4.69, 9.17) is 4.74 Å². The van der Waals surface area contributed by atoms with Gasteiger partial charge >= 0.3 is 0 Å². The zero-order valence-electron chi connectivity index (χ0n) is 13.8. The van der Waals surface area contributed by atoms with Crippen molar-refractivity contribution in [2.75, 3.05) is 40.4 Å². The molecule has 3 rings (SSSR count). The molecule has 0 N–H and O–H groups in total. The van der Waals surface area contributed by atoms with Crippen molar-refractivity contribution in [1.29, 1.82) is 0 Å². The topological polar surface area (TPSA) is 32.8 Å². The number of hydrogen-bond acceptors (Lipinski definition) is 3. The van der Waals surface area contributed by atoms with Crippen molar-refractivity contribution in [3.05, 3.63) is 35.4 Å². The van der Waals surface area contributed by atoms with E-state index in [1.54, 1.807) is 4.90 Å². The summed E-state index contributed by atoms with van der Waals surface area (Å²) in [7, 11) is 3.67. The van der Waals surface area contributed by atoms with Crippen LogP contribution in [0.15, 0.2) is 24.3 Å². The molecular weight excluding hydrogens is 276 g/mol. The minimum absolute atomic E-state index is 0.0190. The van der Waals surface area contributed by atoms with Crippen LogP contribution in [-0.2, 0) is 16.1 Å². The maximum Gasteiger partial charge on any atom is 0.222 e. The fourth-order valence-corrected chi connectivity index (χ4v) is 3.84. The number of aryl methyl sites for hydroxylation is 1. The van der Waals surface area contributed by atoms with Gasteiger partial charge in [-0.2, -0.15) is 0 Å². The molecule has 0 spiro atoms. The lowest BCUT2D eigenvalue weighted by Crippen LogP contribution is -2.37.